The molecule has 0 amide bonds. The van der Waals surface area contributed by atoms with Crippen molar-refractivity contribution in [2.24, 2.45) is 5.73 Å². The highest BCUT2D eigenvalue weighted by Crippen LogP contribution is 2.27. The average Bonchev–Trinajstić information content (AvgIpc) is 2.63. The van der Waals surface area contributed by atoms with E-state index in [1.807, 2.05) is 6.07 Å². The smallest absolute Gasteiger partial charge is 0.0468 e. The maximum absolute atomic E-state index is 5.98. The van der Waals surface area contributed by atoms with E-state index in [1.54, 1.807) is 0 Å². The molecule has 2 rings (SSSR count). The highest BCUT2D eigenvalue weighted by molar-refractivity contribution is 9.10. The largest absolute Gasteiger partial charge is 0.361 e. The molecule has 0 saturated carbocycles. The summed E-state index contributed by atoms with van der Waals surface area (Å²) >= 11 is 3.58. The van der Waals surface area contributed by atoms with E-state index in [0.717, 1.165) is 17.3 Å². The molecule has 15 heavy (non-hydrogen) atoms. The van der Waals surface area contributed by atoms with Crippen molar-refractivity contribution < 1.29 is 0 Å². The Labute approximate surface area is 98.0 Å². The summed E-state index contributed by atoms with van der Waals surface area (Å²) in [5.41, 5.74) is 8.44. The van der Waals surface area contributed by atoms with Crippen molar-refractivity contribution in [1.29, 1.82) is 0 Å². The van der Waals surface area contributed by atoms with Gasteiger partial charge < -0.3 is 10.7 Å². The molecule has 3 heteroatoms. The highest BCUT2D eigenvalue weighted by Gasteiger charge is 2.09. The van der Waals surface area contributed by atoms with Crippen LogP contribution in [-0.2, 0) is 6.42 Å². The number of nitrogens with one attached hydrogen (secondary N) is 1. The number of halogens is 1. The molecule has 2 nitrogen and oxygen atoms in total. The first-order valence-corrected chi connectivity index (χ1v) is 6.01. The lowest BCUT2D eigenvalue weighted by molar-refractivity contribution is 0.648. The van der Waals surface area contributed by atoms with Crippen LogP contribution < -0.4 is 5.73 Å². The lowest BCUT2D eigenvalue weighted by Gasteiger charge is -2.07. The van der Waals surface area contributed by atoms with Crippen LogP contribution in [0.15, 0.2) is 28.9 Å². The molecular formula is C12H15BrN2. The van der Waals surface area contributed by atoms with Crippen molar-refractivity contribution in [2.75, 3.05) is 0 Å². The number of hydrogen-bond donors (Lipinski definition) is 2. The quantitative estimate of drug-likeness (QED) is 0.880. The second-order valence-corrected chi connectivity index (χ2v) is 4.70. The molecule has 0 fully saturated rings. The minimum absolute atomic E-state index is 0.246. The average molecular weight is 267 g/mol. The summed E-state index contributed by atoms with van der Waals surface area (Å²) < 4.78 is 1.14. The van der Waals surface area contributed by atoms with Crippen LogP contribution in [0.1, 0.15) is 18.9 Å². The fraction of sp³-hybridized carbons (Fsp3) is 0.333. The van der Waals surface area contributed by atoms with Gasteiger partial charge in [0, 0.05) is 27.6 Å². The standard InChI is InChI=1S/C12H15BrN2/c1-2-9(14)6-8-7-15-11-5-3-4-10(13)12(8)11/h3-5,7,9,15H,2,6,14H2,1H3. The summed E-state index contributed by atoms with van der Waals surface area (Å²) in [5, 5.41) is 1.27. The minimum Gasteiger partial charge on any atom is -0.361 e. The predicted molar refractivity (Wildman–Crippen MR) is 68.0 cm³/mol. The Morgan fingerprint density at radius 3 is 3.00 bits per heavy atom. The SMILES string of the molecule is CCC(N)Cc1c[nH]c2cccc(Br)c12. The third-order valence-corrected chi connectivity index (χ3v) is 3.40. The second-order valence-electron chi connectivity index (χ2n) is 3.85. The first-order valence-electron chi connectivity index (χ1n) is 5.22. The van der Waals surface area contributed by atoms with Crippen LogP contribution >= 0.6 is 15.9 Å². The van der Waals surface area contributed by atoms with Gasteiger partial charge in [0.15, 0.2) is 0 Å². The van der Waals surface area contributed by atoms with Gasteiger partial charge in [0.2, 0.25) is 0 Å². The zero-order chi connectivity index (χ0) is 10.8. The number of H-pyrrole nitrogens is 1. The van der Waals surface area contributed by atoms with E-state index in [9.17, 15) is 0 Å². The van der Waals surface area contributed by atoms with Crippen molar-refractivity contribution >= 4 is 26.8 Å². The van der Waals surface area contributed by atoms with Gasteiger partial charge in [-0.2, -0.15) is 0 Å². The van der Waals surface area contributed by atoms with Crippen molar-refractivity contribution in [1.82, 2.24) is 4.98 Å². The van der Waals surface area contributed by atoms with Crippen LogP contribution in [0.25, 0.3) is 10.9 Å². The summed E-state index contributed by atoms with van der Waals surface area (Å²) in [6.07, 6.45) is 4.00. The van der Waals surface area contributed by atoms with Gasteiger partial charge in [0.05, 0.1) is 0 Å². The topological polar surface area (TPSA) is 41.8 Å². The number of hydrogen-bond acceptors (Lipinski definition) is 1. The molecule has 1 aromatic carbocycles. The molecule has 1 heterocycles. The van der Waals surface area contributed by atoms with E-state index in [4.69, 9.17) is 5.73 Å². The summed E-state index contributed by atoms with van der Waals surface area (Å²) in [7, 11) is 0. The van der Waals surface area contributed by atoms with Crippen LogP contribution in [0, 0.1) is 0 Å². The maximum Gasteiger partial charge on any atom is 0.0468 e. The van der Waals surface area contributed by atoms with Crippen molar-refractivity contribution in [3.8, 4) is 0 Å². The van der Waals surface area contributed by atoms with E-state index in [-0.39, 0.29) is 6.04 Å². The number of nitrogens with two attached hydrogens (primary N) is 1. The molecule has 2 aromatic rings. The molecule has 1 unspecified atom stereocenters. The Morgan fingerprint density at radius 2 is 2.27 bits per heavy atom. The maximum atomic E-state index is 5.98. The summed E-state index contributed by atoms with van der Waals surface area (Å²) in [5.74, 6) is 0. The van der Waals surface area contributed by atoms with Gasteiger partial charge in [-0.05, 0) is 30.5 Å². The molecule has 0 saturated heterocycles. The monoisotopic (exact) mass is 266 g/mol. The van der Waals surface area contributed by atoms with Gasteiger partial charge in [-0.25, -0.2) is 0 Å². The van der Waals surface area contributed by atoms with Crippen molar-refractivity contribution in [2.45, 2.75) is 25.8 Å². The van der Waals surface area contributed by atoms with E-state index in [1.165, 1.54) is 16.5 Å². The minimum atomic E-state index is 0.246. The molecule has 0 aliphatic rings. The zero-order valence-electron chi connectivity index (χ0n) is 8.76. The third-order valence-electron chi connectivity index (χ3n) is 2.74. The molecule has 3 N–H and O–H groups in total. The number of rotatable bonds is 3. The van der Waals surface area contributed by atoms with E-state index in [2.05, 4.69) is 46.2 Å². The Balaban J connectivity index is 2.43. The van der Waals surface area contributed by atoms with E-state index < -0.39 is 0 Å². The first kappa shape index (κ1) is 10.7. The highest BCUT2D eigenvalue weighted by atomic mass is 79.9. The van der Waals surface area contributed by atoms with Crippen LogP contribution in [0.2, 0.25) is 0 Å². The van der Waals surface area contributed by atoms with Gasteiger partial charge >= 0.3 is 0 Å². The molecule has 0 aliphatic heterocycles. The summed E-state index contributed by atoms with van der Waals surface area (Å²) in [6, 6.07) is 6.43. The zero-order valence-corrected chi connectivity index (χ0v) is 10.3. The van der Waals surface area contributed by atoms with Crippen LogP contribution in [0.3, 0.4) is 0 Å². The fourth-order valence-corrected chi connectivity index (χ4v) is 2.42. The predicted octanol–water partition coefficient (Wildman–Crippen LogP) is 3.21. The Morgan fingerprint density at radius 1 is 1.47 bits per heavy atom. The molecule has 1 atom stereocenters. The van der Waals surface area contributed by atoms with Gasteiger partial charge in [-0.15, -0.1) is 0 Å². The Bertz CT molecular complexity index is 462. The lowest BCUT2D eigenvalue weighted by Crippen LogP contribution is -2.21. The number of aromatic nitrogens is 1. The molecule has 0 radical (unpaired) electrons. The lowest BCUT2D eigenvalue weighted by atomic mass is 10.0. The number of benzene rings is 1. The summed E-state index contributed by atoms with van der Waals surface area (Å²) in [4.78, 5) is 3.27. The second kappa shape index (κ2) is 4.37. The van der Waals surface area contributed by atoms with Gasteiger partial charge in [-0.3, -0.25) is 0 Å². The molecular weight excluding hydrogens is 252 g/mol. The summed E-state index contributed by atoms with van der Waals surface area (Å²) in [6.45, 7) is 2.12. The van der Waals surface area contributed by atoms with Crippen LogP contribution in [0.5, 0.6) is 0 Å². The first-order chi connectivity index (χ1) is 7.22. The third kappa shape index (κ3) is 2.08. The molecule has 80 valence electrons. The molecule has 0 bridgehead atoms. The number of fused-ring (bicyclic) bond motifs is 1. The molecule has 1 aromatic heterocycles. The van der Waals surface area contributed by atoms with E-state index in [0.29, 0.717) is 0 Å². The molecule has 0 spiro atoms. The van der Waals surface area contributed by atoms with Crippen LogP contribution in [-0.4, -0.2) is 11.0 Å². The van der Waals surface area contributed by atoms with Crippen molar-refractivity contribution in [3.05, 3.63) is 34.4 Å². The van der Waals surface area contributed by atoms with E-state index >= 15 is 0 Å². The van der Waals surface area contributed by atoms with Crippen LogP contribution in [0.4, 0.5) is 0 Å². The van der Waals surface area contributed by atoms with Gasteiger partial charge in [0.1, 0.15) is 0 Å². The normalized spacial score (nSPS) is 13.3. The molecule has 0 aliphatic carbocycles. The fourth-order valence-electron chi connectivity index (χ4n) is 1.80. The van der Waals surface area contributed by atoms with Crippen molar-refractivity contribution in [3.63, 3.8) is 0 Å². The Hall–Kier alpha value is -0.800. The van der Waals surface area contributed by atoms with Gasteiger partial charge in [-0.1, -0.05) is 28.9 Å². The number of aromatic amines is 1. The Kier molecular flexibility index (Phi) is 3.12. The van der Waals surface area contributed by atoms with Gasteiger partial charge in [0.25, 0.3) is 0 Å².